The average Bonchev–Trinajstić information content (AvgIpc) is 1.97. The molecule has 0 rings (SSSR count). The number of rotatable bonds is 6. The fraction of sp³-hybridized carbons (Fsp3) is 0.778. The van der Waals surface area contributed by atoms with Crippen molar-refractivity contribution < 1.29 is 18.5 Å². The van der Waals surface area contributed by atoms with Crippen LogP contribution in [0.1, 0.15) is 13.3 Å². The SMILES string of the molecule is C/C(=C\CO)CCP(C)(=O)OP(C)(C)=O. The Bertz CT molecular complexity index is 316. The van der Waals surface area contributed by atoms with Crippen molar-refractivity contribution in [2.24, 2.45) is 0 Å². The molecule has 0 amide bonds. The Morgan fingerprint density at radius 1 is 1.33 bits per heavy atom. The Morgan fingerprint density at radius 3 is 2.27 bits per heavy atom. The maximum Gasteiger partial charge on any atom is 0.206 e. The minimum Gasteiger partial charge on any atom is -0.392 e. The summed E-state index contributed by atoms with van der Waals surface area (Å²) in [5, 5.41) is 8.63. The van der Waals surface area contributed by atoms with Gasteiger partial charge in [-0.2, -0.15) is 0 Å². The standard InChI is InChI=1S/C9H20O4P2/c1-9(5-7-10)6-8-15(4,12)13-14(2,3)11/h5,10H,6-8H2,1-4H3/b9-5+. The molecule has 0 aliphatic heterocycles. The van der Waals surface area contributed by atoms with Gasteiger partial charge in [0.25, 0.3) is 0 Å². The summed E-state index contributed by atoms with van der Waals surface area (Å²) in [6.07, 6.45) is 2.62. The Kier molecular flexibility index (Phi) is 6.05. The monoisotopic (exact) mass is 254 g/mol. The lowest BCUT2D eigenvalue weighted by molar-refractivity contribution is 0.341. The Morgan fingerprint density at radius 2 is 1.87 bits per heavy atom. The van der Waals surface area contributed by atoms with Crippen molar-refractivity contribution in [3.63, 3.8) is 0 Å². The maximum atomic E-state index is 11.9. The van der Waals surface area contributed by atoms with Crippen LogP contribution in [0.25, 0.3) is 0 Å². The van der Waals surface area contributed by atoms with Gasteiger partial charge in [0.2, 0.25) is 14.7 Å². The lowest BCUT2D eigenvalue weighted by Crippen LogP contribution is -1.94. The van der Waals surface area contributed by atoms with Crippen LogP contribution in [0.2, 0.25) is 0 Å². The summed E-state index contributed by atoms with van der Waals surface area (Å²) in [7, 11) is -5.47. The molecule has 1 atom stereocenters. The van der Waals surface area contributed by atoms with Crippen molar-refractivity contribution in [2.75, 3.05) is 32.8 Å². The van der Waals surface area contributed by atoms with Crippen LogP contribution in [-0.4, -0.2) is 37.9 Å². The lowest BCUT2D eigenvalue weighted by atomic mass is 10.2. The number of aliphatic hydroxyl groups excluding tert-OH is 1. The predicted molar refractivity (Wildman–Crippen MR) is 64.4 cm³/mol. The topological polar surface area (TPSA) is 63.6 Å². The van der Waals surface area contributed by atoms with Gasteiger partial charge in [-0.25, -0.2) is 0 Å². The van der Waals surface area contributed by atoms with Crippen LogP contribution in [0.3, 0.4) is 0 Å². The minimum atomic E-state index is -2.78. The number of allylic oxidation sites excluding steroid dienone is 1. The highest BCUT2D eigenvalue weighted by molar-refractivity contribution is 7.70. The van der Waals surface area contributed by atoms with Crippen LogP contribution < -0.4 is 0 Å². The molecule has 4 nitrogen and oxygen atoms in total. The first kappa shape index (κ1) is 15.1. The molecule has 6 heteroatoms. The van der Waals surface area contributed by atoms with Crippen molar-refractivity contribution in [3.8, 4) is 0 Å². The summed E-state index contributed by atoms with van der Waals surface area (Å²) in [5.41, 5.74) is 0.963. The molecule has 0 aromatic carbocycles. The average molecular weight is 254 g/mol. The van der Waals surface area contributed by atoms with Crippen molar-refractivity contribution in [1.82, 2.24) is 0 Å². The van der Waals surface area contributed by atoms with Crippen LogP contribution in [-0.2, 0) is 13.4 Å². The molecular weight excluding hydrogens is 234 g/mol. The molecule has 0 bridgehead atoms. The Balaban J connectivity index is 4.23. The van der Waals surface area contributed by atoms with Gasteiger partial charge < -0.3 is 5.11 Å². The van der Waals surface area contributed by atoms with E-state index in [1.807, 2.05) is 6.92 Å². The summed E-state index contributed by atoms with van der Waals surface area (Å²) < 4.78 is 28.3. The van der Waals surface area contributed by atoms with Gasteiger partial charge in [-0.3, -0.25) is 13.4 Å². The summed E-state index contributed by atoms with van der Waals surface area (Å²) >= 11 is 0. The third kappa shape index (κ3) is 9.07. The highest BCUT2D eigenvalue weighted by Crippen LogP contribution is 2.58. The molecule has 1 N–H and O–H groups in total. The van der Waals surface area contributed by atoms with Crippen LogP contribution >= 0.6 is 14.7 Å². The smallest absolute Gasteiger partial charge is 0.206 e. The molecule has 0 fully saturated rings. The van der Waals surface area contributed by atoms with E-state index in [0.29, 0.717) is 12.6 Å². The molecule has 0 aromatic rings. The largest absolute Gasteiger partial charge is 0.392 e. The van der Waals surface area contributed by atoms with Gasteiger partial charge in [-0.1, -0.05) is 11.6 Å². The van der Waals surface area contributed by atoms with Crippen molar-refractivity contribution >= 4 is 14.7 Å². The zero-order valence-electron chi connectivity index (χ0n) is 9.77. The van der Waals surface area contributed by atoms with Crippen LogP contribution in [0, 0.1) is 0 Å². The Labute approximate surface area is 91.6 Å². The normalized spacial score (nSPS) is 17.5. The first-order valence-electron chi connectivity index (χ1n) is 4.75. The molecule has 0 aliphatic carbocycles. The second kappa shape index (κ2) is 6.00. The predicted octanol–water partition coefficient (Wildman–Crippen LogP) is 2.78. The summed E-state index contributed by atoms with van der Waals surface area (Å²) in [4.78, 5) is 0. The number of hydrogen-bond acceptors (Lipinski definition) is 4. The molecule has 0 aromatic heterocycles. The van der Waals surface area contributed by atoms with Crippen LogP contribution in [0.4, 0.5) is 0 Å². The van der Waals surface area contributed by atoms with Crippen molar-refractivity contribution in [3.05, 3.63) is 11.6 Å². The molecule has 15 heavy (non-hydrogen) atoms. The summed E-state index contributed by atoms with van der Waals surface area (Å²) in [6, 6.07) is 0. The second-order valence-electron chi connectivity index (χ2n) is 4.05. The zero-order valence-corrected chi connectivity index (χ0v) is 11.6. The number of aliphatic hydroxyl groups is 1. The van der Waals surface area contributed by atoms with Gasteiger partial charge >= 0.3 is 0 Å². The maximum absolute atomic E-state index is 11.9. The Hall–Kier alpha value is 0.120. The fourth-order valence-electron chi connectivity index (χ4n) is 1.09. The molecule has 0 saturated carbocycles. The van der Waals surface area contributed by atoms with E-state index in [-0.39, 0.29) is 6.61 Å². The van der Waals surface area contributed by atoms with Crippen LogP contribution in [0.15, 0.2) is 11.6 Å². The first-order chi connectivity index (χ1) is 6.66. The minimum absolute atomic E-state index is 0.0131. The molecule has 90 valence electrons. The van der Waals surface area contributed by atoms with Gasteiger partial charge in [0.1, 0.15) is 0 Å². The van der Waals surface area contributed by atoms with Gasteiger partial charge in [0.05, 0.1) is 6.61 Å². The summed E-state index contributed by atoms with van der Waals surface area (Å²) in [6.45, 7) is 6.26. The first-order valence-corrected chi connectivity index (χ1v) is 9.53. The second-order valence-corrected chi connectivity index (χ2v) is 9.69. The van der Waals surface area contributed by atoms with Crippen molar-refractivity contribution in [2.45, 2.75) is 13.3 Å². The van der Waals surface area contributed by atoms with E-state index < -0.39 is 14.7 Å². The third-order valence-electron chi connectivity index (χ3n) is 1.72. The molecule has 0 radical (unpaired) electrons. The molecule has 0 spiro atoms. The quantitative estimate of drug-likeness (QED) is 0.584. The molecule has 0 heterocycles. The summed E-state index contributed by atoms with van der Waals surface area (Å²) in [5.74, 6) is 0. The molecule has 0 aliphatic rings. The van der Waals surface area contributed by atoms with E-state index in [2.05, 4.69) is 0 Å². The van der Waals surface area contributed by atoms with E-state index in [4.69, 9.17) is 9.42 Å². The van der Waals surface area contributed by atoms with E-state index in [1.165, 1.54) is 20.0 Å². The van der Waals surface area contributed by atoms with Gasteiger partial charge in [0.15, 0.2) is 0 Å². The molecule has 0 saturated heterocycles. The molecular formula is C9H20O4P2. The van der Waals surface area contributed by atoms with E-state index >= 15 is 0 Å². The van der Waals surface area contributed by atoms with Gasteiger partial charge in [-0.15, -0.1) is 0 Å². The van der Waals surface area contributed by atoms with Gasteiger partial charge in [-0.05, 0) is 13.3 Å². The third-order valence-corrected chi connectivity index (χ3v) is 5.71. The fourth-order valence-corrected chi connectivity index (χ4v) is 5.51. The zero-order chi connectivity index (χ0) is 12.1. The van der Waals surface area contributed by atoms with Gasteiger partial charge in [0, 0.05) is 26.2 Å². The van der Waals surface area contributed by atoms with E-state index in [9.17, 15) is 9.13 Å². The highest BCUT2D eigenvalue weighted by atomic mass is 31.2. The lowest BCUT2D eigenvalue weighted by Gasteiger charge is -2.16. The number of hydrogen-bond donors (Lipinski definition) is 1. The molecule has 1 unspecified atom stereocenters. The highest BCUT2D eigenvalue weighted by Gasteiger charge is 2.22. The van der Waals surface area contributed by atoms with Crippen molar-refractivity contribution in [1.29, 1.82) is 0 Å². The van der Waals surface area contributed by atoms with E-state index in [1.54, 1.807) is 6.08 Å². The van der Waals surface area contributed by atoms with Crippen LogP contribution in [0.5, 0.6) is 0 Å². The van der Waals surface area contributed by atoms with E-state index in [0.717, 1.165) is 5.57 Å².